The van der Waals surface area contributed by atoms with Crippen molar-refractivity contribution in [1.29, 1.82) is 0 Å². The van der Waals surface area contributed by atoms with E-state index in [1.807, 2.05) is 0 Å². The third-order valence-corrected chi connectivity index (χ3v) is 3.79. The summed E-state index contributed by atoms with van der Waals surface area (Å²) >= 11 is 5.72. The van der Waals surface area contributed by atoms with Crippen LogP contribution in [0.2, 0.25) is 5.02 Å². The molecule has 1 aliphatic rings. The highest BCUT2D eigenvalue weighted by molar-refractivity contribution is 6.30. The summed E-state index contributed by atoms with van der Waals surface area (Å²) in [4.78, 5) is 13.7. The number of halogens is 2. The predicted octanol–water partition coefficient (Wildman–Crippen LogP) is 3.05. The number of nitrogens with zero attached hydrogens (tertiary/aromatic N) is 1. The number of fused-ring (bicyclic) bond motifs is 1. The standard InChI is InChI=1S/C15H11ClFNO3/c16-10-3-1-2-9(13(10)17)7-18-6-8-4-5-11(19)14(20)12(8)15(18)21/h1-5,19-20H,6-7H2. The number of carbonyl (C=O) groups is 1. The van der Waals surface area contributed by atoms with Gasteiger partial charge in [-0.3, -0.25) is 4.79 Å². The maximum Gasteiger partial charge on any atom is 0.258 e. The Morgan fingerprint density at radius 1 is 1.24 bits per heavy atom. The first-order valence-electron chi connectivity index (χ1n) is 6.25. The number of phenols is 2. The SMILES string of the molecule is O=C1c2c(ccc(O)c2O)CN1Cc1cccc(Cl)c1F. The van der Waals surface area contributed by atoms with Crippen molar-refractivity contribution in [2.24, 2.45) is 0 Å². The van der Waals surface area contributed by atoms with Crippen molar-refractivity contribution in [2.45, 2.75) is 13.1 Å². The van der Waals surface area contributed by atoms with Gasteiger partial charge in [-0.1, -0.05) is 29.8 Å². The number of carbonyl (C=O) groups excluding carboxylic acids is 1. The fourth-order valence-corrected chi connectivity index (χ4v) is 2.63. The number of phenolic OH excluding ortho intramolecular Hbond substituents is 2. The molecular weight excluding hydrogens is 297 g/mol. The van der Waals surface area contributed by atoms with Gasteiger partial charge in [-0.2, -0.15) is 0 Å². The van der Waals surface area contributed by atoms with E-state index in [0.29, 0.717) is 11.1 Å². The van der Waals surface area contributed by atoms with Crippen molar-refractivity contribution in [3.63, 3.8) is 0 Å². The van der Waals surface area contributed by atoms with Gasteiger partial charge in [0.25, 0.3) is 5.91 Å². The Hall–Kier alpha value is -2.27. The smallest absolute Gasteiger partial charge is 0.258 e. The van der Waals surface area contributed by atoms with Gasteiger partial charge < -0.3 is 15.1 Å². The van der Waals surface area contributed by atoms with Crippen LogP contribution in [0.5, 0.6) is 11.5 Å². The second-order valence-electron chi connectivity index (χ2n) is 4.84. The highest BCUT2D eigenvalue weighted by Crippen LogP contribution is 2.37. The first-order valence-corrected chi connectivity index (χ1v) is 6.63. The number of hydrogen-bond acceptors (Lipinski definition) is 3. The van der Waals surface area contributed by atoms with Crippen LogP contribution in [0.25, 0.3) is 0 Å². The van der Waals surface area contributed by atoms with Crippen molar-refractivity contribution >= 4 is 17.5 Å². The largest absolute Gasteiger partial charge is 0.504 e. The van der Waals surface area contributed by atoms with E-state index < -0.39 is 17.5 Å². The van der Waals surface area contributed by atoms with Crippen molar-refractivity contribution in [3.05, 3.63) is 57.9 Å². The van der Waals surface area contributed by atoms with Crippen molar-refractivity contribution in [1.82, 2.24) is 4.90 Å². The highest BCUT2D eigenvalue weighted by Gasteiger charge is 2.32. The summed E-state index contributed by atoms with van der Waals surface area (Å²) in [5.74, 6) is -1.79. The lowest BCUT2D eigenvalue weighted by Crippen LogP contribution is -2.23. The molecular formula is C15H11ClFNO3. The van der Waals surface area contributed by atoms with Gasteiger partial charge in [-0.25, -0.2) is 4.39 Å². The molecule has 0 fully saturated rings. The highest BCUT2D eigenvalue weighted by atomic mass is 35.5. The summed E-state index contributed by atoms with van der Waals surface area (Å²) in [6.45, 7) is 0.286. The molecule has 4 nitrogen and oxygen atoms in total. The van der Waals surface area contributed by atoms with E-state index in [4.69, 9.17) is 11.6 Å². The fraction of sp³-hybridized carbons (Fsp3) is 0.133. The maximum absolute atomic E-state index is 13.9. The molecule has 0 aliphatic carbocycles. The molecule has 1 aliphatic heterocycles. The molecule has 0 atom stereocenters. The number of amides is 1. The Kier molecular flexibility index (Phi) is 3.22. The molecule has 0 saturated heterocycles. The summed E-state index contributed by atoms with van der Waals surface area (Å²) in [5, 5.41) is 19.2. The molecule has 6 heteroatoms. The molecule has 21 heavy (non-hydrogen) atoms. The van der Waals surface area contributed by atoms with E-state index in [-0.39, 0.29) is 29.4 Å². The molecule has 2 aromatic rings. The second kappa shape index (κ2) is 4.93. The lowest BCUT2D eigenvalue weighted by molar-refractivity contribution is 0.0762. The Balaban J connectivity index is 1.92. The minimum atomic E-state index is -0.560. The maximum atomic E-state index is 13.9. The number of benzene rings is 2. The quantitative estimate of drug-likeness (QED) is 0.838. The Bertz CT molecular complexity index is 748. The first-order chi connectivity index (χ1) is 9.99. The van der Waals surface area contributed by atoms with Crippen molar-refractivity contribution < 1.29 is 19.4 Å². The molecule has 2 N–H and O–H groups in total. The average Bonchev–Trinajstić information content (AvgIpc) is 2.77. The average molecular weight is 308 g/mol. The lowest BCUT2D eigenvalue weighted by Gasteiger charge is -2.16. The zero-order valence-corrected chi connectivity index (χ0v) is 11.6. The number of hydrogen-bond donors (Lipinski definition) is 2. The summed E-state index contributed by atoms with van der Waals surface area (Å²) in [6, 6.07) is 7.49. The van der Waals surface area contributed by atoms with Crippen LogP contribution in [0, 0.1) is 5.82 Å². The van der Waals surface area contributed by atoms with E-state index in [9.17, 15) is 19.4 Å². The summed E-state index contributed by atoms with van der Waals surface area (Å²) in [6.07, 6.45) is 0. The fourth-order valence-electron chi connectivity index (χ4n) is 2.43. The van der Waals surface area contributed by atoms with Gasteiger partial charge in [0.1, 0.15) is 5.82 Å². The summed E-state index contributed by atoms with van der Waals surface area (Å²) < 4.78 is 13.9. The third-order valence-electron chi connectivity index (χ3n) is 3.50. The van der Waals surface area contributed by atoms with Crippen molar-refractivity contribution in [2.75, 3.05) is 0 Å². The minimum absolute atomic E-state index is 0.00264. The van der Waals surface area contributed by atoms with Crippen LogP contribution in [-0.4, -0.2) is 21.0 Å². The molecule has 1 amide bonds. The van der Waals surface area contributed by atoms with Gasteiger partial charge in [0.15, 0.2) is 11.5 Å². The van der Waals surface area contributed by atoms with E-state index in [2.05, 4.69) is 0 Å². The normalized spacial score (nSPS) is 13.6. The van der Waals surface area contributed by atoms with Crippen LogP contribution >= 0.6 is 11.6 Å². The van der Waals surface area contributed by atoms with Crippen molar-refractivity contribution in [3.8, 4) is 11.5 Å². The van der Waals surface area contributed by atoms with Gasteiger partial charge >= 0.3 is 0 Å². The molecule has 108 valence electrons. The minimum Gasteiger partial charge on any atom is -0.504 e. The molecule has 0 spiro atoms. The topological polar surface area (TPSA) is 60.8 Å². The summed E-state index contributed by atoms with van der Waals surface area (Å²) in [5.41, 5.74) is 0.961. The lowest BCUT2D eigenvalue weighted by atomic mass is 10.1. The van der Waals surface area contributed by atoms with Gasteiger partial charge in [-0.05, 0) is 17.7 Å². The second-order valence-corrected chi connectivity index (χ2v) is 5.25. The van der Waals surface area contributed by atoms with Gasteiger partial charge in [-0.15, -0.1) is 0 Å². The van der Waals surface area contributed by atoms with E-state index in [1.165, 1.54) is 17.0 Å². The Morgan fingerprint density at radius 2 is 2.00 bits per heavy atom. The molecule has 0 radical (unpaired) electrons. The zero-order valence-electron chi connectivity index (χ0n) is 10.8. The van der Waals surface area contributed by atoms with E-state index >= 15 is 0 Å². The molecule has 1 heterocycles. The summed E-state index contributed by atoms with van der Waals surface area (Å²) in [7, 11) is 0. The number of aromatic hydroxyl groups is 2. The van der Waals surface area contributed by atoms with Gasteiger partial charge in [0.05, 0.1) is 10.6 Å². The molecule has 2 aromatic carbocycles. The van der Waals surface area contributed by atoms with Gasteiger partial charge in [0.2, 0.25) is 0 Å². The van der Waals surface area contributed by atoms with Crippen LogP contribution in [0.1, 0.15) is 21.5 Å². The van der Waals surface area contributed by atoms with Crippen LogP contribution in [0.15, 0.2) is 30.3 Å². The monoisotopic (exact) mass is 307 g/mol. The van der Waals surface area contributed by atoms with Gasteiger partial charge in [0, 0.05) is 18.7 Å². The van der Waals surface area contributed by atoms with E-state index in [0.717, 1.165) is 0 Å². The van der Waals surface area contributed by atoms with Crippen LogP contribution in [0.4, 0.5) is 4.39 Å². The van der Waals surface area contributed by atoms with Crippen LogP contribution in [-0.2, 0) is 13.1 Å². The Labute approximate surface area is 125 Å². The molecule has 0 aromatic heterocycles. The zero-order chi connectivity index (χ0) is 15.1. The first kappa shape index (κ1) is 13.7. The molecule has 0 saturated carbocycles. The molecule has 3 rings (SSSR count). The van der Waals surface area contributed by atoms with E-state index in [1.54, 1.807) is 18.2 Å². The van der Waals surface area contributed by atoms with Crippen LogP contribution in [0.3, 0.4) is 0 Å². The predicted molar refractivity (Wildman–Crippen MR) is 74.8 cm³/mol. The third kappa shape index (κ3) is 2.19. The van der Waals surface area contributed by atoms with Crippen LogP contribution < -0.4 is 0 Å². The molecule has 0 unspecified atom stereocenters. The number of rotatable bonds is 2. The Morgan fingerprint density at radius 3 is 2.76 bits per heavy atom. The molecule has 0 bridgehead atoms.